The van der Waals surface area contributed by atoms with Crippen molar-refractivity contribution in [1.29, 1.82) is 0 Å². The molecule has 3 N–H and O–H groups in total. The predicted octanol–water partition coefficient (Wildman–Crippen LogP) is 2.06. The van der Waals surface area contributed by atoms with Crippen LogP contribution >= 0.6 is 34.8 Å². The number of hydrogen-bond acceptors (Lipinski definition) is 7. The van der Waals surface area contributed by atoms with E-state index in [2.05, 4.69) is 16.2 Å². The van der Waals surface area contributed by atoms with Gasteiger partial charge >= 0.3 is 0 Å². The summed E-state index contributed by atoms with van der Waals surface area (Å²) in [5.41, 5.74) is 3.40. The van der Waals surface area contributed by atoms with Gasteiger partial charge in [0, 0.05) is 15.7 Å². The van der Waals surface area contributed by atoms with E-state index in [1.165, 1.54) is 0 Å². The summed E-state index contributed by atoms with van der Waals surface area (Å²) in [5.74, 6) is -1.43. The SMILES string of the molecule is O=C(NC(=S)NNC(=O)c1ccccc1I)c1cc([N+](=O)[O-])cc([N+](=O)[O-])c1. The van der Waals surface area contributed by atoms with Gasteiger partial charge in [0.1, 0.15) is 0 Å². The summed E-state index contributed by atoms with van der Waals surface area (Å²) in [4.78, 5) is 44.3. The molecule has 144 valence electrons. The van der Waals surface area contributed by atoms with E-state index < -0.39 is 33.0 Å². The average Bonchev–Trinajstić information content (AvgIpc) is 2.65. The Balaban J connectivity index is 2.05. The Morgan fingerprint density at radius 2 is 1.50 bits per heavy atom. The van der Waals surface area contributed by atoms with Gasteiger partial charge in [-0.25, -0.2) is 0 Å². The van der Waals surface area contributed by atoms with Crippen molar-refractivity contribution in [2.45, 2.75) is 0 Å². The average molecular weight is 515 g/mol. The molecule has 0 unspecified atom stereocenters. The van der Waals surface area contributed by atoms with Gasteiger partial charge in [-0.3, -0.25) is 46.0 Å². The number of rotatable bonds is 4. The minimum absolute atomic E-state index is 0.307. The number of nitro benzene ring substituents is 2. The number of hydrogen-bond donors (Lipinski definition) is 3. The molecule has 0 saturated carbocycles. The van der Waals surface area contributed by atoms with Gasteiger partial charge in [-0.05, 0) is 46.9 Å². The zero-order valence-corrected chi connectivity index (χ0v) is 16.6. The molecule has 0 heterocycles. The van der Waals surface area contributed by atoms with Gasteiger partial charge in [0.25, 0.3) is 23.2 Å². The van der Waals surface area contributed by atoms with Crippen molar-refractivity contribution >= 4 is 63.1 Å². The number of thiocarbonyl (C=S) groups is 1. The lowest BCUT2D eigenvalue weighted by atomic mass is 10.1. The van der Waals surface area contributed by atoms with Crippen LogP contribution in [0.1, 0.15) is 20.7 Å². The number of nitrogens with zero attached hydrogens (tertiary/aromatic N) is 2. The Bertz CT molecular complexity index is 966. The first kappa shape index (κ1) is 21.1. The molecular formula is C15H10IN5O6S. The maximum absolute atomic E-state index is 12.2. The van der Waals surface area contributed by atoms with Gasteiger partial charge in [0.05, 0.1) is 27.0 Å². The van der Waals surface area contributed by atoms with Crippen LogP contribution in [0.25, 0.3) is 0 Å². The third kappa shape index (κ3) is 5.40. The molecule has 13 heteroatoms. The first-order chi connectivity index (χ1) is 13.2. The van der Waals surface area contributed by atoms with Gasteiger partial charge in [-0.2, -0.15) is 0 Å². The summed E-state index contributed by atoms with van der Waals surface area (Å²) in [6, 6.07) is 9.22. The molecule has 2 rings (SSSR count). The third-order valence-electron chi connectivity index (χ3n) is 3.22. The number of nitro groups is 2. The van der Waals surface area contributed by atoms with Crippen LogP contribution in [0.15, 0.2) is 42.5 Å². The fourth-order valence-corrected chi connectivity index (χ4v) is 2.75. The van der Waals surface area contributed by atoms with Gasteiger partial charge < -0.3 is 0 Å². The fourth-order valence-electron chi connectivity index (χ4n) is 1.97. The number of carbonyl (C=O) groups is 2. The minimum Gasteiger partial charge on any atom is -0.298 e. The second-order valence-corrected chi connectivity index (χ2v) is 6.66. The molecule has 0 radical (unpaired) electrons. The lowest BCUT2D eigenvalue weighted by Gasteiger charge is -2.11. The second-order valence-electron chi connectivity index (χ2n) is 5.09. The second kappa shape index (κ2) is 9.14. The molecule has 28 heavy (non-hydrogen) atoms. The third-order valence-corrected chi connectivity index (χ3v) is 4.37. The fraction of sp³-hybridized carbons (Fsp3) is 0. The Morgan fingerprint density at radius 1 is 0.929 bits per heavy atom. The molecule has 2 aromatic rings. The topological polar surface area (TPSA) is 157 Å². The number of carbonyl (C=O) groups excluding carboxylic acids is 2. The van der Waals surface area contributed by atoms with Crippen LogP contribution in [0.2, 0.25) is 0 Å². The molecule has 2 aromatic carbocycles. The van der Waals surface area contributed by atoms with E-state index in [-0.39, 0.29) is 10.7 Å². The highest BCUT2D eigenvalue weighted by molar-refractivity contribution is 14.1. The first-order valence-corrected chi connectivity index (χ1v) is 8.78. The molecule has 0 aliphatic carbocycles. The molecule has 0 saturated heterocycles. The van der Waals surface area contributed by atoms with Crippen LogP contribution in [-0.2, 0) is 0 Å². The smallest absolute Gasteiger partial charge is 0.277 e. The molecule has 0 aliphatic rings. The molecular weight excluding hydrogens is 505 g/mol. The maximum atomic E-state index is 12.2. The number of amides is 2. The lowest BCUT2D eigenvalue weighted by molar-refractivity contribution is -0.394. The highest BCUT2D eigenvalue weighted by atomic mass is 127. The molecule has 0 atom stereocenters. The van der Waals surface area contributed by atoms with E-state index in [0.717, 1.165) is 18.2 Å². The van der Waals surface area contributed by atoms with Crippen molar-refractivity contribution in [1.82, 2.24) is 16.2 Å². The van der Waals surface area contributed by atoms with Crippen LogP contribution in [0.3, 0.4) is 0 Å². The largest absolute Gasteiger partial charge is 0.298 e. The van der Waals surface area contributed by atoms with E-state index in [1.807, 2.05) is 22.6 Å². The number of nitrogens with one attached hydrogen (secondary N) is 3. The lowest BCUT2D eigenvalue weighted by Crippen LogP contribution is -2.48. The Morgan fingerprint density at radius 3 is 2.04 bits per heavy atom. The van der Waals surface area contributed by atoms with Crippen LogP contribution in [0, 0.1) is 23.8 Å². The van der Waals surface area contributed by atoms with Crippen LogP contribution in [-0.4, -0.2) is 26.8 Å². The normalized spacial score (nSPS) is 9.89. The number of non-ortho nitro benzene ring substituents is 2. The van der Waals surface area contributed by atoms with Crippen LogP contribution in [0.4, 0.5) is 11.4 Å². The van der Waals surface area contributed by atoms with E-state index in [9.17, 15) is 29.8 Å². The van der Waals surface area contributed by atoms with Crippen LogP contribution in [0.5, 0.6) is 0 Å². The van der Waals surface area contributed by atoms with Crippen molar-refractivity contribution in [2.75, 3.05) is 0 Å². The zero-order valence-electron chi connectivity index (χ0n) is 13.7. The summed E-state index contributed by atoms with van der Waals surface area (Å²) in [6.07, 6.45) is 0. The summed E-state index contributed by atoms with van der Waals surface area (Å²) >= 11 is 6.85. The summed E-state index contributed by atoms with van der Waals surface area (Å²) in [7, 11) is 0. The predicted molar refractivity (Wildman–Crippen MR) is 110 cm³/mol. The van der Waals surface area contributed by atoms with Gasteiger partial charge in [-0.1, -0.05) is 12.1 Å². The minimum atomic E-state index is -0.923. The standard InChI is InChI=1S/C15H10IN5O6S/c16-12-4-2-1-3-11(12)14(23)18-19-15(28)17-13(22)8-5-9(20(24)25)7-10(6-8)21(26)27/h1-7H,(H,18,23)(H2,17,19,22,28). The van der Waals surface area contributed by atoms with Gasteiger partial charge in [-0.15, -0.1) is 0 Å². The first-order valence-electron chi connectivity index (χ1n) is 7.29. The van der Waals surface area contributed by atoms with E-state index >= 15 is 0 Å². The van der Waals surface area contributed by atoms with Crippen molar-refractivity contribution in [3.63, 3.8) is 0 Å². The molecule has 11 nitrogen and oxygen atoms in total. The number of hydrazine groups is 1. The number of benzene rings is 2. The van der Waals surface area contributed by atoms with Crippen molar-refractivity contribution < 1.29 is 19.4 Å². The highest BCUT2D eigenvalue weighted by Gasteiger charge is 2.20. The van der Waals surface area contributed by atoms with Crippen molar-refractivity contribution in [3.05, 3.63) is 77.4 Å². The molecule has 2 amide bonds. The van der Waals surface area contributed by atoms with Gasteiger partial charge in [0.15, 0.2) is 5.11 Å². The van der Waals surface area contributed by atoms with E-state index in [1.54, 1.807) is 24.3 Å². The highest BCUT2D eigenvalue weighted by Crippen LogP contribution is 2.22. The molecule has 0 aromatic heterocycles. The summed E-state index contributed by atoms with van der Waals surface area (Å²) in [5, 5.41) is 23.6. The Kier molecular flexibility index (Phi) is 6.89. The van der Waals surface area contributed by atoms with E-state index in [0.29, 0.717) is 9.13 Å². The molecule has 0 bridgehead atoms. The van der Waals surface area contributed by atoms with E-state index in [4.69, 9.17) is 12.2 Å². The van der Waals surface area contributed by atoms with Crippen LogP contribution < -0.4 is 16.2 Å². The Labute approximate surface area is 175 Å². The molecule has 0 aliphatic heterocycles. The van der Waals surface area contributed by atoms with Crippen molar-refractivity contribution in [2.24, 2.45) is 0 Å². The van der Waals surface area contributed by atoms with Crippen molar-refractivity contribution in [3.8, 4) is 0 Å². The zero-order chi connectivity index (χ0) is 20.8. The summed E-state index contributed by atoms with van der Waals surface area (Å²) < 4.78 is 0.693. The molecule has 0 spiro atoms. The number of halogens is 1. The molecule has 0 fully saturated rings. The maximum Gasteiger partial charge on any atom is 0.277 e. The monoisotopic (exact) mass is 515 g/mol. The van der Waals surface area contributed by atoms with Gasteiger partial charge in [0.2, 0.25) is 0 Å². The Hall–Kier alpha value is -3.20. The summed E-state index contributed by atoms with van der Waals surface area (Å²) in [6.45, 7) is 0. The quantitative estimate of drug-likeness (QED) is 0.242.